The standard InChI is InChI=1S/C27H21Cl2N3O3/c1-14-19-12-20(15-5-8-17(28)9-6-15)22(31-26(19)35-23(14)24(33)27(2,3)4)18-10-7-16(11-21(18)29)25-30-13-34-32-25/h5-13H,1-4H3. The average Bonchev–Trinajstić information content (AvgIpc) is 3.46. The zero-order chi connectivity index (χ0) is 24.9. The van der Waals surface area contributed by atoms with E-state index in [1.165, 1.54) is 6.39 Å². The van der Waals surface area contributed by atoms with Crippen LogP contribution in [-0.2, 0) is 0 Å². The first kappa shape index (κ1) is 23.3. The van der Waals surface area contributed by atoms with Crippen LogP contribution in [0.5, 0.6) is 0 Å². The highest BCUT2D eigenvalue weighted by Crippen LogP contribution is 2.40. The second-order valence-corrected chi connectivity index (χ2v) is 10.2. The van der Waals surface area contributed by atoms with E-state index in [-0.39, 0.29) is 5.78 Å². The van der Waals surface area contributed by atoms with Crippen molar-refractivity contribution in [2.75, 3.05) is 0 Å². The molecular formula is C27H21Cl2N3O3. The summed E-state index contributed by atoms with van der Waals surface area (Å²) in [5.41, 5.74) is 4.32. The molecule has 8 heteroatoms. The van der Waals surface area contributed by atoms with Crippen molar-refractivity contribution in [1.29, 1.82) is 0 Å². The molecule has 0 N–H and O–H groups in total. The van der Waals surface area contributed by atoms with Crippen LogP contribution >= 0.6 is 23.2 Å². The van der Waals surface area contributed by atoms with Crippen molar-refractivity contribution in [3.05, 3.63) is 76.3 Å². The van der Waals surface area contributed by atoms with Crippen LogP contribution in [0.2, 0.25) is 10.0 Å². The van der Waals surface area contributed by atoms with E-state index in [1.807, 2.05) is 70.2 Å². The van der Waals surface area contributed by atoms with Crippen molar-refractivity contribution in [3.8, 4) is 33.8 Å². The highest BCUT2D eigenvalue weighted by atomic mass is 35.5. The van der Waals surface area contributed by atoms with E-state index in [9.17, 15) is 4.79 Å². The number of carbonyl (C=O) groups is 1. The van der Waals surface area contributed by atoms with Gasteiger partial charge in [0.1, 0.15) is 0 Å². The molecule has 35 heavy (non-hydrogen) atoms. The molecule has 3 aromatic heterocycles. The van der Waals surface area contributed by atoms with Gasteiger partial charge in [-0.25, -0.2) is 4.98 Å². The first-order valence-corrected chi connectivity index (χ1v) is 11.7. The third-order valence-electron chi connectivity index (χ3n) is 5.82. The molecule has 0 aliphatic heterocycles. The normalized spacial score (nSPS) is 11.8. The number of carbonyl (C=O) groups excluding carboxylic acids is 1. The minimum Gasteiger partial charge on any atom is -0.434 e. The highest BCUT2D eigenvalue weighted by molar-refractivity contribution is 6.33. The molecule has 176 valence electrons. The Bertz CT molecular complexity index is 1560. The number of pyridine rings is 1. The van der Waals surface area contributed by atoms with Gasteiger partial charge in [-0.3, -0.25) is 4.79 Å². The van der Waals surface area contributed by atoms with Gasteiger partial charge in [-0.2, -0.15) is 4.98 Å². The lowest BCUT2D eigenvalue weighted by molar-refractivity contribution is 0.0829. The summed E-state index contributed by atoms with van der Waals surface area (Å²) < 4.78 is 10.9. The lowest BCUT2D eigenvalue weighted by Crippen LogP contribution is -2.20. The lowest BCUT2D eigenvalue weighted by atomic mass is 9.88. The van der Waals surface area contributed by atoms with Gasteiger partial charge in [-0.15, -0.1) is 0 Å². The third kappa shape index (κ3) is 4.24. The van der Waals surface area contributed by atoms with Crippen LogP contribution in [0.3, 0.4) is 0 Å². The summed E-state index contributed by atoms with van der Waals surface area (Å²) in [7, 11) is 0. The summed E-state index contributed by atoms with van der Waals surface area (Å²) in [6.07, 6.45) is 1.26. The number of nitrogens with zero attached hydrogens (tertiary/aromatic N) is 3. The molecule has 0 aliphatic rings. The average molecular weight is 506 g/mol. The van der Waals surface area contributed by atoms with E-state index >= 15 is 0 Å². The second kappa shape index (κ2) is 8.63. The number of fused-ring (bicyclic) bond motifs is 1. The van der Waals surface area contributed by atoms with Gasteiger partial charge in [0.05, 0.1) is 10.7 Å². The van der Waals surface area contributed by atoms with E-state index in [0.29, 0.717) is 44.2 Å². The predicted octanol–water partition coefficient (Wildman–Crippen LogP) is 8.06. The third-order valence-corrected chi connectivity index (χ3v) is 6.38. The first-order chi connectivity index (χ1) is 16.6. The molecule has 2 aromatic carbocycles. The van der Waals surface area contributed by atoms with Gasteiger partial charge in [0, 0.05) is 38.1 Å². The summed E-state index contributed by atoms with van der Waals surface area (Å²) in [5, 5.41) is 5.73. The molecule has 5 aromatic rings. The maximum absolute atomic E-state index is 13.0. The number of benzene rings is 2. The fourth-order valence-electron chi connectivity index (χ4n) is 3.89. The van der Waals surface area contributed by atoms with Crippen LogP contribution in [0.1, 0.15) is 36.9 Å². The molecule has 0 fully saturated rings. The monoisotopic (exact) mass is 505 g/mol. The largest absolute Gasteiger partial charge is 0.434 e. The predicted molar refractivity (Wildman–Crippen MR) is 137 cm³/mol. The van der Waals surface area contributed by atoms with Crippen molar-refractivity contribution in [2.45, 2.75) is 27.7 Å². The molecular weight excluding hydrogens is 485 g/mol. The van der Waals surface area contributed by atoms with Crippen molar-refractivity contribution >= 4 is 40.1 Å². The molecule has 0 saturated heterocycles. The summed E-state index contributed by atoms with van der Waals surface area (Å²) in [4.78, 5) is 22.0. The SMILES string of the molecule is Cc1c(C(=O)C(C)(C)C)oc2nc(-c3ccc(-c4ncon4)cc3Cl)c(-c3ccc(Cl)cc3)cc12. The maximum Gasteiger partial charge on any atom is 0.227 e. The summed E-state index contributed by atoms with van der Waals surface area (Å²) in [5.74, 6) is 0.676. The molecule has 3 heterocycles. The van der Waals surface area contributed by atoms with Gasteiger partial charge in [-0.1, -0.05) is 73.4 Å². The summed E-state index contributed by atoms with van der Waals surface area (Å²) in [6.45, 7) is 7.48. The van der Waals surface area contributed by atoms with Gasteiger partial charge in [0.25, 0.3) is 0 Å². The Morgan fingerprint density at radius 2 is 1.66 bits per heavy atom. The van der Waals surface area contributed by atoms with Gasteiger partial charge < -0.3 is 8.94 Å². The van der Waals surface area contributed by atoms with Crippen LogP contribution < -0.4 is 0 Å². The Labute approximate surface area is 211 Å². The molecule has 0 radical (unpaired) electrons. The molecule has 0 atom stereocenters. The van der Waals surface area contributed by atoms with Crippen molar-refractivity contribution in [2.24, 2.45) is 5.41 Å². The number of rotatable bonds is 4. The van der Waals surface area contributed by atoms with Crippen LogP contribution in [-0.4, -0.2) is 20.9 Å². The Hall–Kier alpha value is -3.48. The van der Waals surface area contributed by atoms with Crippen molar-refractivity contribution < 1.29 is 13.7 Å². The van der Waals surface area contributed by atoms with E-state index < -0.39 is 5.41 Å². The molecule has 0 spiro atoms. The van der Waals surface area contributed by atoms with E-state index in [0.717, 1.165) is 22.1 Å². The Kier molecular flexibility index (Phi) is 5.74. The molecule has 0 unspecified atom stereocenters. The number of Topliss-reactive ketones (excluding diaryl/α,β-unsaturated/α-hetero) is 1. The molecule has 5 rings (SSSR count). The molecule has 0 bridgehead atoms. The van der Waals surface area contributed by atoms with E-state index in [1.54, 1.807) is 6.07 Å². The van der Waals surface area contributed by atoms with E-state index in [4.69, 9.17) is 37.1 Å². The van der Waals surface area contributed by atoms with Crippen LogP contribution in [0, 0.1) is 12.3 Å². The molecule has 0 aliphatic carbocycles. The Morgan fingerprint density at radius 1 is 0.943 bits per heavy atom. The fraction of sp³-hybridized carbons (Fsp3) is 0.185. The lowest BCUT2D eigenvalue weighted by Gasteiger charge is -2.14. The van der Waals surface area contributed by atoms with Gasteiger partial charge in [0.2, 0.25) is 23.7 Å². The van der Waals surface area contributed by atoms with Crippen LogP contribution in [0.25, 0.3) is 44.9 Å². The quantitative estimate of drug-likeness (QED) is 0.229. The fourth-order valence-corrected chi connectivity index (χ4v) is 4.29. The number of ketones is 1. The minimum atomic E-state index is -0.589. The first-order valence-electron chi connectivity index (χ1n) is 10.9. The zero-order valence-electron chi connectivity index (χ0n) is 19.5. The number of halogens is 2. The molecule has 0 saturated carbocycles. The van der Waals surface area contributed by atoms with Crippen LogP contribution in [0.4, 0.5) is 0 Å². The zero-order valence-corrected chi connectivity index (χ0v) is 21.0. The summed E-state index contributed by atoms with van der Waals surface area (Å²) >= 11 is 12.9. The number of furan rings is 1. The second-order valence-electron chi connectivity index (χ2n) is 9.33. The summed E-state index contributed by atoms with van der Waals surface area (Å²) in [6, 6.07) is 15.0. The Morgan fingerprint density at radius 3 is 2.29 bits per heavy atom. The number of hydrogen-bond acceptors (Lipinski definition) is 6. The van der Waals surface area contributed by atoms with Crippen molar-refractivity contribution in [1.82, 2.24) is 15.1 Å². The van der Waals surface area contributed by atoms with Gasteiger partial charge in [0.15, 0.2) is 5.76 Å². The smallest absolute Gasteiger partial charge is 0.227 e. The van der Waals surface area contributed by atoms with E-state index in [2.05, 4.69) is 10.1 Å². The minimum absolute atomic E-state index is 0.0786. The highest BCUT2D eigenvalue weighted by Gasteiger charge is 2.29. The van der Waals surface area contributed by atoms with Gasteiger partial charge >= 0.3 is 0 Å². The number of hydrogen-bond donors (Lipinski definition) is 0. The molecule has 0 amide bonds. The van der Waals surface area contributed by atoms with Gasteiger partial charge in [-0.05, 0) is 36.8 Å². The topological polar surface area (TPSA) is 82.0 Å². The van der Waals surface area contributed by atoms with Crippen molar-refractivity contribution in [3.63, 3.8) is 0 Å². The molecule has 6 nitrogen and oxygen atoms in total. The van der Waals surface area contributed by atoms with Crippen LogP contribution in [0.15, 0.2) is 63.9 Å². The Balaban J connectivity index is 1.75. The number of aryl methyl sites for hydroxylation is 1. The maximum atomic E-state index is 13.0. The number of aromatic nitrogens is 3.